The summed E-state index contributed by atoms with van der Waals surface area (Å²) in [6, 6.07) is 3.64. The standard InChI is InChI=1S/C20H27ClN2O4/c1-14-11-17(12-15(2)20(14)21)27-13-19(26)23-8-4-7-22(9-10-23)18(25)6-5-16(3)24/h11-12H,4-10,13H2,1-3H3. The van der Waals surface area contributed by atoms with Gasteiger partial charge in [-0.05, 0) is 50.5 Å². The van der Waals surface area contributed by atoms with Gasteiger partial charge in [-0.2, -0.15) is 0 Å². The number of hydrogen-bond acceptors (Lipinski definition) is 4. The van der Waals surface area contributed by atoms with Crippen molar-refractivity contribution >= 4 is 29.2 Å². The molecule has 1 saturated heterocycles. The number of aryl methyl sites for hydroxylation is 2. The summed E-state index contributed by atoms with van der Waals surface area (Å²) in [5.74, 6) is 0.513. The van der Waals surface area contributed by atoms with Crippen LogP contribution in [0.4, 0.5) is 0 Å². The summed E-state index contributed by atoms with van der Waals surface area (Å²) in [6.07, 6.45) is 1.23. The highest BCUT2D eigenvalue weighted by Crippen LogP contribution is 2.25. The van der Waals surface area contributed by atoms with E-state index in [-0.39, 0.29) is 37.0 Å². The zero-order valence-corrected chi connectivity index (χ0v) is 17.0. The molecule has 6 nitrogen and oxygen atoms in total. The third-order valence-electron chi connectivity index (χ3n) is 4.66. The maximum Gasteiger partial charge on any atom is 0.260 e. The number of rotatable bonds is 6. The molecule has 1 aliphatic heterocycles. The quantitative estimate of drug-likeness (QED) is 0.744. The molecule has 1 aromatic carbocycles. The van der Waals surface area contributed by atoms with Gasteiger partial charge in [-0.15, -0.1) is 0 Å². The van der Waals surface area contributed by atoms with E-state index >= 15 is 0 Å². The number of ether oxygens (including phenoxy) is 1. The maximum absolute atomic E-state index is 12.5. The molecular weight excluding hydrogens is 368 g/mol. The molecule has 2 rings (SSSR count). The highest BCUT2D eigenvalue weighted by Gasteiger charge is 2.22. The predicted octanol–water partition coefficient (Wildman–Crippen LogP) is 2.77. The van der Waals surface area contributed by atoms with E-state index in [0.29, 0.717) is 37.0 Å². The number of ketones is 1. The number of hydrogen-bond donors (Lipinski definition) is 0. The lowest BCUT2D eigenvalue weighted by molar-refractivity contribution is -0.135. The van der Waals surface area contributed by atoms with Gasteiger partial charge < -0.3 is 19.3 Å². The summed E-state index contributed by atoms with van der Waals surface area (Å²) in [5.41, 5.74) is 1.82. The van der Waals surface area contributed by atoms with Crippen molar-refractivity contribution in [1.82, 2.24) is 9.80 Å². The molecule has 0 bridgehead atoms. The molecule has 0 radical (unpaired) electrons. The van der Waals surface area contributed by atoms with Crippen LogP contribution in [0.1, 0.15) is 37.3 Å². The molecule has 0 aliphatic carbocycles. The van der Waals surface area contributed by atoms with Crippen molar-refractivity contribution in [3.63, 3.8) is 0 Å². The Bertz CT molecular complexity index is 697. The van der Waals surface area contributed by atoms with Crippen LogP contribution in [0.25, 0.3) is 0 Å². The first-order chi connectivity index (χ1) is 12.8. The third kappa shape index (κ3) is 6.24. The van der Waals surface area contributed by atoms with E-state index in [0.717, 1.165) is 17.5 Å². The minimum atomic E-state index is -0.0988. The van der Waals surface area contributed by atoms with Gasteiger partial charge in [0.05, 0.1) is 0 Å². The van der Waals surface area contributed by atoms with Gasteiger partial charge in [-0.25, -0.2) is 0 Å². The molecule has 0 spiro atoms. The van der Waals surface area contributed by atoms with E-state index in [1.54, 1.807) is 9.80 Å². The van der Waals surface area contributed by atoms with Gasteiger partial charge in [-0.1, -0.05) is 11.6 Å². The lowest BCUT2D eigenvalue weighted by Crippen LogP contribution is -2.39. The topological polar surface area (TPSA) is 66.9 Å². The second kappa shape index (κ2) is 9.74. The minimum absolute atomic E-state index is 0.0137. The van der Waals surface area contributed by atoms with Gasteiger partial charge in [-0.3, -0.25) is 9.59 Å². The molecule has 1 aliphatic rings. The first-order valence-electron chi connectivity index (χ1n) is 9.22. The predicted molar refractivity (Wildman–Crippen MR) is 104 cm³/mol. The van der Waals surface area contributed by atoms with E-state index in [9.17, 15) is 14.4 Å². The number of nitrogens with zero attached hydrogens (tertiary/aromatic N) is 2. The Kier molecular flexibility index (Phi) is 7.66. The van der Waals surface area contributed by atoms with Crippen molar-refractivity contribution in [2.24, 2.45) is 0 Å². The number of carbonyl (C=O) groups is 3. The van der Waals surface area contributed by atoms with Crippen molar-refractivity contribution in [1.29, 1.82) is 0 Å². The molecule has 2 amide bonds. The van der Waals surface area contributed by atoms with E-state index in [4.69, 9.17) is 16.3 Å². The molecule has 0 atom stereocenters. The average Bonchev–Trinajstić information content (AvgIpc) is 2.88. The minimum Gasteiger partial charge on any atom is -0.484 e. The average molecular weight is 395 g/mol. The van der Waals surface area contributed by atoms with E-state index in [1.807, 2.05) is 26.0 Å². The van der Waals surface area contributed by atoms with Gasteiger partial charge in [0.25, 0.3) is 5.91 Å². The molecule has 0 saturated carbocycles. The monoisotopic (exact) mass is 394 g/mol. The van der Waals surface area contributed by atoms with Gasteiger partial charge in [0.15, 0.2) is 6.61 Å². The van der Waals surface area contributed by atoms with E-state index < -0.39 is 0 Å². The molecule has 1 fully saturated rings. The summed E-state index contributed by atoms with van der Waals surface area (Å²) in [6.45, 7) is 7.41. The Morgan fingerprint density at radius 2 is 1.52 bits per heavy atom. The van der Waals surface area contributed by atoms with Crippen LogP contribution in [0.3, 0.4) is 0 Å². The van der Waals surface area contributed by atoms with Crippen LogP contribution in [0, 0.1) is 13.8 Å². The second-order valence-corrected chi connectivity index (χ2v) is 7.35. The Balaban J connectivity index is 1.85. The molecule has 0 aromatic heterocycles. The summed E-state index contributed by atoms with van der Waals surface area (Å²) >= 11 is 6.15. The van der Waals surface area contributed by atoms with Gasteiger partial charge >= 0.3 is 0 Å². The molecule has 1 aromatic rings. The highest BCUT2D eigenvalue weighted by molar-refractivity contribution is 6.32. The summed E-state index contributed by atoms with van der Waals surface area (Å²) in [4.78, 5) is 39.2. The lowest BCUT2D eigenvalue weighted by atomic mass is 10.1. The lowest BCUT2D eigenvalue weighted by Gasteiger charge is -2.22. The Morgan fingerprint density at radius 1 is 0.963 bits per heavy atom. The van der Waals surface area contributed by atoms with Gasteiger partial charge in [0.1, 0.15) is 11.5 Å². The number of amides is 2. The van der Waals surface area contributed by atoms with Crippen LogP contribution in [-0.4, -0.2) is 60.2 Å². The van der Waals surface area contributed by atoms with Crippen molar-refractivity contribution < 1.29 is 19.1 Å². The fourth-order valence-corrected chi connectivity index (χ4v) is 3.19. The fraction of sp³-hybridized carbons (Fsp3) is 0.550. The van der Waals surface area contributed by atoms with Crippen LogP contribution >= 0.6 is 11.6 Å². The number of halogens is 1. The number of Topliss-reactive ketones (excluding diaryl/α,β-unsaturated/α-hetero) is 1. The van der Waals surface area contributed by atoms with Gasteiger partial charge in [0.2, 0.25) is 5.91 Å². The Hall–Kier alpha value is -2.08. The van der Waals surface area contributed by atoms with Crippen molar-refractivity contribution in [3.05, 3.63) is 28.3 Å². The zero-order valence-electron chi connectivity index (χ0n) is 16.2. The molecule has 148 valence electrons. The van der Waals surface area contributed by atoms with Crippen LogP contribution in [-0.2, 0) is 14.4 Å². The largest absolute Gasteiger partial charge is 0.484 e. The van der Waals surface area contributed by atoms with Crippen LogP contribution in [0.15, 0.2) is 12.1 Å². The maximum atomic E-state index is 12.5. The second-order valence-electron chi connectivity index (χ2n) is 6.98. The molecule has 1 heterocycles. The molecule has 0 unspecified atom stereocenters. The smallest absolute Gasteiger partial charge is 0.260 e. The van der Waals surface area contributed by atoms with Gasteiger partial charge in [0, 0.05) is 44.0 Å². The first-order valence-corrected chi connectivity index (χ1v) is 9.60. The Morgan fingerprint density at radius 3 is 2.07 bits per heavy atom. The molecule has 27 heavy (non-hydrogen) atoms. The summed E-state index contributed by atoms with van der Waals surface area (Å²) in [5, 5.41) is 0.704. The molecular formula is C20H27ClN2O4. The SMILES string of the molecule is CC(=O)CCC(=O)N1CCCN(C(=O)COc2cc(C)c(Cl)c(C)c2)CC1. The summed E-state index contributed by atoms with van der Waals surface area (Å²) in [7, 11) is 0. The van der Waals surface area contributed by atoms with Crippen LogP contribution in [0.2, 0.25) is 5.02 Å². The molecule has 7 heteroatoms. The first kappa shape index (κ1) is 21.2. The zero-order chi connectivity index (χ0) is 20.0. The van der Waals surface area contributed by atoms with Crippen LogP contribution in [0.5, 0.6) is 5.75 Å². The Labute approximate surface area is 165 Å². The number of carbonyl (C=O) groups excluding carboxylic acids is 3. The van der Waals surface area contributed by atoms with Crippen molar-refractivity contribution in [2.75, 3.05) is 32.8 Å². The van der Waals surface area contributed by atoms with E-state index in [1.165, 1.54) is 6.92 Å². The number of benzene rings is 1. The fourth-order valence-electron chi connectivity index (χ4n) is 3.08. The van der Waals surface area contributed by atoms with Crippen molar-refractivity contribution in [3.8, 4) is 5.75 Å². The summed E-state index contributed by atoms with van der Waals surface area (Å²) < 4.78 is 5.65. The normalized spacial score (nSPS) is 14.7. The highest BCUT2D eigenvalue weighted by atomic mass is 35.5. The molecule has 0 N–H and O–H groups in total. The van der Waals surface area contributed by atoms with E-state index in [2.05, 4.69) is 0 Å². The van der Waals surface area contributed by atoms with Crippen LogP contribution < -0.4 is 4.74 Å². The van der Waals surface area contributed by atoms with Crippen molar-refractivity contribution in [2.45, 2.75) is 40.0 Å². The third-order valence-corrected chi connectivity index (χ3v) is 5.26.